The maximum atomic E-state index is 11.9. The van der Waals surface area contributed by atoms with Gasteiger partial charge in [0, 0.05) is 26.7 Å². The van der Waals surface area contributed by atoms with Crippen LogP contribution in [0.5, 0.6) is 0 Å². The molecule has 0 aliphatic heterocycles. The van der Waals surface area contributed by atoms with Crippen molar-refractivity contribution in [2.75, 3.05) is 39.2 Å². The van der Waals surface area contributed by atoms with Crippen molar-refractivity contribution >= 4 is 47.6 Å². The Balaban J connectivity index is 0.00000364. The summed E-state index contributed by atoms with van der Waals surface area (Å²) in [5.41, 5.74) is 2.87. The zero-order valence-electron chi connectivity index (χ0n) is 16.7. The molecule has 1 unspecified atom stereocenters. The predicted molar refractivity (Wildman–Crippen MR) is 127 cm³/mol. The molecule has 1 aromatic carbocycles. The summed E-state index contributed by atoms with van der Waals surface area (Å²) in [7, 11) is 3.53. The molecule has 2 rings (SSSR count). The molecule has 0 saturated heterocycles. The number of unbranched alkanes of at least 4 members (excludes halogenated alkanes) is 1. The highest BCUT2D eigenvalue weighted by atomic mass is 127. The van der Waals surface area contributed by atoms with Gasteiger partial charge in [-0.1, -0.05) is 24.3 Å². The number of halogens is 1. The number of aliphatic imine (C=N–C) groups is 1. The van der Waals surface area contributed by atoms with Gasteiger partial charge in [0.1, 0.15) is 6.54 Å². The minimum Gasteiger partial charge on any atom is -0.356 e. The molecule has 0 radical (unpaired) electrons. The second-order valence-corrected chi connectivity index (χ2v) is 7.92. The van der Waals surface area contributed by atoms with Gasteiger partial charge >= 0.3 is 0 Å². The minimum absolute atomic E-state index is 0. The van der Waals surface area contributed by atoms with E-state index in [1.165, 1.54) is 23.3 Å². The van der Waals surface area contributed by atoms with E-state index in [4.69, 9.17) is 0 Å². The average Bonchev–Trinajstić information content (AvgIpc) is 2.65. The minimum atomic E-state index is 0. The largest absolute Gasteiger partial charge is 0.356 e. The topological polar surface area (TPSA) is 56.7 Å². The lowest BCUT2D eigenvalue weighted by Crippen LogP contribution is -2.46. The number of hydrogen-bond donors (Lipinski definition) is 2. The third-order valence-electron chi connectivity index (χ3n) is 4.63. The quantitative estimate of drug-likeness (QED) is 0.248. The van der Waals surface area contributed by atoms with Crippen molar-refractivity contribution in [2.24, 2.45) is 4.99 Å². The maximum Gasteiger partial charge on any atom is 0.243 e. The summed E-state index contributed by atoms with van der Waals surface area (Å²) in [4.78, 5) is 18.0. The van der Waals surface area contributed by atoms with Crippen molar-refractivity contribution < 1.29 is 4.79 Å². The lowest BCUT2D eigenvalue weighted by atomic mass is 9.88. The van der Waals surface area contributed by atoms with Crippen LogP contribution in [-0.4, -0.2) is 62.0 Å². The number of carbonyl (C=O) groups excluding carboxylic acids is 1. The zero-order chi connectivity index (χ0) is 18.8. The van der Waals surface area contributed by atoms with E-state index in [0.29, 0.717) is 6.04 Å². The number of amides is 1. The van der Waals surface area contributed by atoms with Crippen molar-refractivity contribution in [3.8, 4) is 0 Å². The first-order valence-electron chi connectivity index (χ1n) is 9.41. The first-order chi connectivity index (χ1) is 12.6. The molecule has 0 heterocycles. The number of carbonyl (C=O) groups is 1. The normalized spacial score (nSPS) is 16.1. The SMILES string of the molecule is CSCCCCNC(=NCC(=O)N(C)C)NC1CCc2ccccc2C1.I. The second-order valence-electron chi connectivity index (χ2n) is 6.93. The molecule has 1 aliphatic rings. The third-order valence-corrected chi connectivity index (χ3v) is 5.32. The smallest absolute Gasteiger partial charge is 0.243 e. The fourth-order valence-electron chi connectivity index (χ4n) is 3.03. The van der Waals surface area contributed by atoms with E-state index in [9.17, 15) is 4.79 Å². The van der Waals surface area contributed by atoms with Crippen LogP contribution in [0.4, 0.5) is 0 Å². The average molecular weight is 504 g/mol. The monoisotopic (exact) mass is 504 g/mol. The summed E-state index contributed by atoms with van der Waals surface area (Å²) < 4.78 is 0. The van der Waals surface area contributed by atoms with Crippen LogP contribution in [0.15, 0.2) is 29.3 Å². The molecule has 7 heteroatoms. The van der Waals surface area contributed by atoms with E-state index >= 15 is 0 Å². The molecule has 27 heavy (non-hydrogen) atoms. The molecule has 1 amide bonds. The summed E-state index contributed by atoms with van der Waals surface area (Å²) in [5, 5.41) is 6.95. The van der Waals surface area contributed by atoms with Gasteiger partial charge in [-0.3, -0.25) is 4.79 Å². The van der Waals surface area contributed by atoms with Crippen LogP contribution in [0.25, 0.3) is 0 Å². The van der Waals surface area contributed by atoms with Crippen LogP contribution in [-0.2, 0) is 17.6 Å². The van der Waals surface area contributed by atoms with Gasteiger partial charge in [0.25, 0.3) is 0 Å². The molecule has 2 N–H and O–H groups in total. The molecule has 0 aromatic heterocycles. The number of thioether (sulfide) groups is 1. The highest BCUT2D eigenvalue weighted by molar-refractivity contribution is 14.0. The maximum absolute atomic E-state index is 11.9. The van der Waals surface area contributed by atoms with Gasteiger partial charge in [-0.15, -0.1) is 24.0 Å². The zero-order valence-corrected chi connectivity index (χ0v) is 19.8. The molecule has 1 aromatic rings. The number of fused-ring (bicyclic) bond motifs is 1. The molecular weight excluding hydrogens is 471 g/mol. The van der Waals surface area contributed by atoms with E-state index in [-0.39, 0.29) is 36.4 Å². The Kier molecular flexibility index (Phi) is 11.8. The van der Waals surface area contributed by atoms with Crippen LogP contribution in [0.3, 0.4) is 0 Å². The fourth-order valence-corrected chi connectivity index (χ4v) is 3.53. The van der Waals surface area contributed by atoms with Gasteiger partial charge in [0.05, 0.1) is 0 Å². The van der Waals surface area contributed by atoms with E-state index in [1.54, 1.807) is 19.0 Å². The van der Waals surface area contributed by atoms with Gasteiger partial charge < -0.3 is 15.5 Å². The first-order valence-corrected chi connectivity index (χ1v) is 10.8. The summed E-state index contributed by atoms with van der Waals surface area (Å²) in [6.07, 6.45) is 7.61. The molecule has 5 nitrogen and oxygen atoms in total. The Morgan fingerprint density at radius 3 is 2.70 bits per heavy atom. The molecule has 0 bridgehead atoms. The molecule has 0 spiro atoms. The number of hydrogen-bond acceptors (Lipinski definition) is 3. The van der Waals surface area contributed by atoms with E-state index < -0.39 is 0 Å². The van der Waals surface area contributed by atoms with E-state index in [1.807, 2.05) is 11.8 Å². The van der Waals surface area contributed by atoms with Gasteiger partial charge in [0.15, 0.2) is 5.96 Å². The lowest BCUT2D eigenvalue weighted by Gasteiger charge is -2.27. The standard InChI is InChI=1S/C20H32N4OS.HI/c1-24(2)19(25)15-22-20(21-12-6-7-13-26-3)23-18-11-10-16-8-4-5-9-17(16)14-18;/h4-5,8-9,18H,6-7,10-15H2,1-3H3,(H2,21,22,23);1H. The van der Waals surface area contributed by atoms with E-state index in [0.717, 1.165) is 38.2 Å². The fraction of sp³-hybridized carbons (Fsp3) is 0.600. The number of rotatable bonds is 8. The van der Waals surface area contributed by atoms with Crippen molar-refractivity contribution in [2.45, 2.75) is 38.1 Å². The molecule has 1 aliphatic carbocycles. The second kappa shape index (κ2) is 13.3. The van der Waals surface area contributed by atoms with Crippen LogP contribution in [0.1, 0.15) is 30.4 Å². The molecule has 0 saturated carbocycles. The van der Waals surface area contributed by atoms with E-state index in [2.05, 4.69) is 46.1 Å². The number of nitrogens with zero attached hydrogens (tertiary/aromatic N) is 2. The van der Waals surface area contributed by atoms with Crippen molar-refractivity contribution in [3.05, 3.63) is 35.4 Å². The molecule has 0 fully saturated rings. The predicted octanol–water partition coefficient (Wildman–Crippen LogP) is 2.93. The Bertz CT molecular complexity index is 609. The number of nitrogens with one attached hydrogen (secondary N) is 2. The summed E-state index contributed by atoms with van der Waals surface area (Å²) >= 11 is 1.88. The highest BCUT2D eigenvalue weighted by Crippen LogP contribution is 2.20. The molecular formula is C20H33IN4OS. The third kappa shape index (κ3) is 8.72. The van der Waals surface area contributed by atoms with Crippen molar-refractivity contribution in [1.29, 1.82) is 0 Å². The Morgan fingerprint density at radius 2 is 2.00 bits per heavy atom. The summed E-state index contributed by atoms with van der Waals surface area (Å²) in [5.74, 6) is 1.95. The van der Waals surface area contributed by atoms with Crippen molar-refractivity contribution in [3.63, 3.8) is 0 Å². The molecule has 1 atom stereocenters. The Morgan fingerprint density at radius 1 is 1.26 bits per heavy atom. The first kappa shape index (κ1) is 24.1. The van der Waals surface area contributed by atoms with Crippen LogP contribution in [0, 0.1) is 0 Å². The Labute approximate surface area is 185 Å². The van der Waals surface area contributed by atoms with Gasteiger partial charge in [0.2, 0.25) is 5.91 Å². The molecule has 152 valence electrons. The highest BCUT2D eigenvalue weighted by Gasteiger charge is 2.19. The van der Waals surface area contributed by atoms with Crippen LogP contribution in [0.2, 0.25) is 0 Å². The van der Waals surface area contributed by atoms with Crippen molar-refractivity contribution in [1.82, 2.24) is 15.5 Å². The van der Waals surface area contributed by atoms with Gasteiger partial charge in [-0.05, 0) is 55.2 Å². The number of aryl methyl sites for hydroxylation is 1. The number of guanidine groups is 1. The lowest BCUT2D eigenvalue weighted by molar-refractivity contribution is -0.127. The van der Waals surface area contributed by atoms with Gasteiger partial charge in [-0.25, -0.2) is 4.99 Å². The number of benzene rings is 1. The van der Waals surface area contributed by atoms with Crippen LogP contribution < -0.4 is 10.6 Å². The number of likely N-dealkylation sites (N-methyl/N-ethyl adjacent to an activating group) is 1. The Hall–Kier alpha value is -0.960. The summed E-state index contributed by atoms with van der Waals surface area (Å²) in [6.45, 7) is 1.06. The van der Waals surface area contributed by atoms with Gasteiger partial charge in [-0.2, -0.15) is 11.8 Å². The summed E-state index contributed by atoms with van der Waals surface area (Å²) in [6, 6.07) is 9.02. The van der Waals surface area contributed by atoms with Crippen LogP contribution >= 0.6 is 35.7 Å².